The molecule has 0 saturated carbocycles. The molecule has 122 valence electrons. The van der Waals surface area contributed by atoms with Crippen LogP contribution in [-0.4, -0.2) is 35.9 Å². The van der Waals surface area contributed by atoms with E-state index < -0.39 is 16.5 Å². The summed E-state index contributed by atoms with van der Waals surface area (Å²) in [6.45, 7) is 4.23. The Morgan fingerprint density at radius 1 is 1.04 bits per heavy atom. The predicted octanol–water partition coefficient (Wildman–Crippen LogP) is -0.0257. The number of fused-ring (bicyclic) bond motifs is 1. The molecule has 0 unspecified atom stereocenters. The van der Waals surface area contributed by atoms with Gasteiger partial charge in [-0.2, -0.15) is 0 Å². The van der Waals surface area contributed by atoms with Crippen LogP contribution in [0.15, 0.2) is 14.6 Å². The van der Waals surface area contributed by atoms with Gasteiger partial charge >= 0.3 is 5.69 Å². The molecule has 0 spiro atoms. The maximum atomic E-state index is 12.4. The third kappa shape index (κ3) is 2.96. The zero-order valence-corrected chi connectivity index (χ0v) is 14.2. The van der Waals surface area contributed by atoms with Gasteiger partial charge in [-0.1, -0.05) is 11.8 Å². The van der Waals surface area contributed by atoms with Crippen molar-refractivity contribution in [3.63, 3.8) is 0 Å². The normalized spacial score (nSPS) is 11.2. The van der Waals surface area contributed by atoms with Crippen LogP contribution in [0.4, 0.5) is 0 Å². The van der Waals surface area contributed by atoms with Gasteiger partial charge in [0.25, 0.3) is 5.56 Å². The molecule has 0 radical (unpaired) electrons. The van der Waals surface area contributed by atoms with Gasteiger partial charge in [0.15, 0.2) is 17.2 Å². The fourth-order valence-electron chi connectivity index (χ4n) is 2.18. The van der Waals surface area contributed by atoms with E-state index in [1.54, 1.807) is 6.92 Å². The SMILES string of the molecule is CC(=O)C(Sc1nc(C)nc2c1c(=O)n(C)c(=O)n2C)C(C)=O. The summed E-state index contributed by atoms with van der Waals surface area (Å²) in [5.74, 6) is -0.309. The van der Waals surface area contributed by atoms with E-state index in [2.05, 4.69) is 9.97 Å². The number of aryl methyl sites for hydroxylation is 2. The topological polar surface area (TPSA) is 104 Å². The highest BCUT2D eigenvalue weighted by molar-refractivity contribution is 8.01. The van der Waals surface area contributed by atoms with Crippen LogP contribution in [0, 0.1) is 6.92 Å². The summed E-state index contributed by atoms with van der Waals surface area (Å²) in [6.07, 6.45) is 0. The second kappa shape index (κ2) is 6.07. The van der Waals surface area contributed by atoms with Gasteiger partial charge in [0.05, 0.1) is 0 Å². The minimum absolute atomic E-state index is 0.123. The van der Waals surface area contributed by atoms with Crippen molar-refractivity contribution in [1.29, 1.82) is 0 Å². The number of aromatic nitrogens is 4. The Labute approximate surface area is 135 Å². The molecule has 2 aromatic rings. The molecular weight excluding hydrogens is 320 g/mol. The molecule has 2 rings (SSSR count). The van der Waals surface area contributed by atoms with Gasteiger partial charge in [-0.25, -0.2) is 14.8 Å². The smallest absolute Gasteiger partial charge is 0.298 e. The molecule has 2 aromatic heterocycles. The molecule has 2 heterocycles. The standard InChI is InChI=1S/C14H16N4O4S/c1-6(19)10(7(2)20)23-12-9-11(15-8(3)16-12)17(4)14(22)18(5)13(9)21/h10H,1-5H3. The Morgan fingerprint density at radius 2 is 1.61 bits per heavy atom. The van der Waals surface area contributed by atoms with Crippen LogP contribution in [-0.2, 0) is 23.7 Å². The molecule has 0 bridgehead atoms. The molecule has 9 heteroatoms. The fraction of sp³-hybridized carbons (Fsp3) is 0.429. The van der Waals surface area contributed by atoms with Crippen molar-refractivity contribution in [3.8, 4) is 0 Å². The molecule has 0 atom stereocenters. The van der Waals surface area contributed by atoms with Crippen LogP contribution >= 0.6 is 11.8 Å². The van der Waals surface area contributed by atoms with Crippen LogP contribution in [0.3, 0.4) is 0 Å². The average Bonchev–Trinajstić information content (AvgIpc) is 2.47. The van der Waals surface area contributed by atoms with E-state index >= 15 is 0 Å². The van der Waals surface area contributed by atoms with Crippen molar-refractivity contribution in [3.05, 3.63) is 26.7 Å². The van der Waals surface area contributed by atoms with Gasteiger partial charge in [-0.05, 0) is 20.8 Å². The van der Waals surface area contributed by atoms with E-state index in [0.717, 1.165) is 16.3 Å². The summed E-state index contributed by atoms with van der Waals surface area (Å²) < 4.78 is 2.19. The van der Waals surface area contributed by atoms with Gasteiger partial charge in [-0.3, -0.25) is 23.5 Å². The van der Waals surface area contributed by atoms with Crippen molar-refractivity contribution < 1.29 is 9.59 Å². The van der Waals surface area contributed by atoms with E-state index in [4.69, 9.17) is 0 Å². The zero-order chi connectivity index (χ0) is 17.5. The van der Waals surface area contributed by atoms with Gasteiger partial charge < -0.3 is 0 Å². The van der Waals surface area contributed by atoms with Crippen LogP contribution in [0.2, 0.25) is 0 Å². The van der Waals surface area contributed by atoms with Crippen molar-refractivity contribution in [2.24, 2.45) is 14.1 Å². The first-order chi connectivity index (χ1) is 10.6. The van der Waals surface area contributed by atoms with E-state index in [9.17, 15) is 19.2 Å². The first kappa shape index (κ1) is 17.1. The lowest BCUT2D eigenvalue weighted by molar-refractivity contribution is -0.123. The Bertz CT molecular complexity index is 930. The second-order valence-electron chi connectivity index (χ2n) is 5.20. The molecule has 0 fully saturated rings. The largest absolute Gasteiger partial charge is 0.332 e. The lowest BCUT2D eigenvalue weighted by Gasteiger charge is -2.13. The maximum Gasteiger partial charge on any atom is 0.332 e. The molecule has 0 N–H and O–H groups in total. The number of carbonyl (C=O) groups excluding carboxylic acids is 2. The number of Topliss-reactive ketones (excluding diaryl/α,β-unsaturated/α-hetero) is 2. The highest BCUT2D eigenvalue weighted by atomic mass is 32.2. The fourth-order valence-corrected chi connectivity index (χ4v) is 3.22. The number of thioether (sulfide) groups is 1. The Morgan fingerprint density at radius 3 is 2.13 bits per heavy atom. The second-order valence-corrected chi connectivity index (χ2v) is 6.29. The summed E-state index contributed by atoms with van der Waals surface area (Å²) >= 11 is 0.907. The lowest BCUT2D eigenvalue weighted by atomic mass is 10.2. The average molecular weight is 336 g/mol. The lowest BCUT2D eigenvalue weighted by Crippen LogP contribution is -2.38. The third-order valence-electron chi connectivity index (χ3n) is 3.35. The maximum absolute atomic E-state index is 12.4. The third-order valence-corrected chi connectivity index (χ3v) is 4.76. The number of carbonyl (C=O) groups is 2. The molecule has 0 amide bonds. The number of hydrogen-bond acceptors (Lipinski definition) is 7. The van der Waals surface area contributed by atoms with Gasteiger partial charge in [0.2, 0.25) is 0 Å². The summed E-state index contributed by atoms with van der Waals surface area (Å²) in [7, 11) is 2.85. The molecule has 0 aliphatic carbocycles. The minimum Gasteiger partial charge on any atom is -0.298 e. The first-order valence-corrected chi connectivity index (χ1v) is 7.65. The molecule has 0 aliphatic heterocycles. The highest BCUT2D eigenvalue weighted by Gasteiger charge is 2.25. The predicted molar refractivity (Wildman–Crippen MR) is 85.8 cm³/mol. The molecule has 0 aromatic carbocycles. The molecule has 0 aliphatic rings. The first-order valence-electron chi connectivity index (χ1n) is 6.77. The molecule has 8 nitrogen and oxygen atoms in total. The van der Waals surface area contributed by atoms with E-state index in [0.29, 0.717) is 5.82 Å². The van der Waals surface area contributed by atoms with Crippen molar-refractivity contribution in [2.75, 3.05) is 0 Å². The minimum atomic E-state index is -0.950. The summed E-state index contributed by atoms with van der Waals surface area (Å²) in [5, 5.41) is -0.605. The molecule has 23 heavy (non-hydrogen) atoms. The summed E-state index contributed by atoms with van der Waals surface area (Å²) in [4.78, 5) is 56.1. The highest BCUT2D eigenvalue weighted by Crippen LogP contribution is 2.27. The summed E-state index contributed by atoms with van der Waals surface area (Å²) in [6, 6.07) is 0. The summed E-state index contributed by atoms with van der Waals surface area (Å²) in [5.41, 5.74) is -0.887. The van der Waals surface area contributed by atoms with Crippen molar-refractivity contribution in [2.45, 2.75) is 31.0 Å². The van der Waals surface area contributed by atoms with Gasteiger partial charge in [-0.15, -0.1) is 0 Å². The molecular formula is C14H16N4O4S. The van der Waals surface area contributed by atoms with Gasteiger partial charge in [0, 0.05) is 14.1 Å². The van der Waals surface area contributed by atoms with Crippen molar-refractivity contribution >= 4 is 34.4 Å². The van der Waals surface area contributed by atoms with Crippen LogP contribution in [0.25, 0.3) is 11.0 Å². The van der Waals surface area contributed by atoms with Crippen LogP contribution in [0.5, 0.6) is 0 Å². The van der Waals surface area contributed by atoms with Crippen LogP contribution in [0.1, 0.15) is 19.7 Å². The van der Waals surface area contributed by atoms with E-state index in [1.165, 1.54) is 32.5 Å². The number of ketones is 2. The number of hydrogen-bond donors (Lipinski definition) is 0. The Hall–Kier alpha value is -2.29. The number of nitrogens with zero attached hydrogens (tertiary/aromatic N) is 4. The van der Waals surface area contributed by atoms with Crippen LogP contribution < -0.4 is 11.2 Å². The quantitative estimate of drug-likeness (QED) is 0.439. The monoisotopic (exact) mass is 336 g/mol. The van der Waals surface area contributed by atoms with Crippen molar-refractivity contribution in [1.82, 2.24) is 19.1 Å². The van der Waals surface area contributed by atoms with E-state index in [-0.39, 0.29) is 27.6 Å². The van der Waals surface area contributed by atoms with Gasteiger partial charge in [0.1, 0.15) is 21.5 Å². The zero-order valence-electron chi connectivity index (χ0n) is 13.4. The Balaban J connectivity index is 2.84. The molecule has 0 saturated heterocycles. The van der Waals surface area contributed by atoms with E-state index in [1.807, 2.05) is 0 Å². The number of rotatable bonds is 4. The Kier molecular flexibility index (Phi) is 4.51.